The van der Waals surface area contributed by atoms with Crippen molar-refractivity contribution in [1.82, 2.24) is 5.32 Å². The van der Waals surface area contributed by atoms with Crippen LogP contribution >= 0.6 is 0 Å². The molecule has 1 aliphatic heterocycles. The van der Waals surface area contributed by atoms with Crippen LogP contribution in [0.1, 0.15) is 43.6 Å². The summed E-state index contributed by atoms with van der Waals surface area (Å²) in [7, 11) is -0.506. The summed E-state index contributed by atoms with van der Waals surface area (Å²) in [4.78, 5) is 12.1. The van der Waals surface area contributed by atoms with Crippen molar-refractivity contribution < 1.29 is 14.1 Å². The van der Waals surface area contributed by atoms with E-state index < -0.39 is 18.3 Å². The highest BCUT2D eigenvalue weighted by Crippen LogP contribution is 2.36. The van der Waals surface area contributed by atoms with E-state index in [9.17, 15) is 4.79 Å². The van der Waals surface area contributed by atoms with Gasteiger partial charge in [-0.25, -0.2) is 0 Å². The number of hydrogen-bond acceptors (Lipinski definition) is 4. The molecular weight excluding hydrogens is 279 g/mol. The molecule has 0 bridgehead atoms. The van der Waals surface area contributed by atoms with Crippen molar-refractivity contribution in [2.24, 2.45) is 0 Å². The van der Waals surface area contributed by atoms with Crippen molar-refractivity contribution in [1.29, 1.82) is 5.26 Å². The molecule has 1 aromatic carbocycles. The lowest BCUT2D eigenvalue weighted by Crippen LogP contribution is -2.41. The normalized spacial score (nSPS) is 18.8. The molecule has 1 aromatic rings. The summed E-state index contributed by atoms with van der Waals surface area (Å²) in [5.41, 5.74) is 1.31. The molecule has 1 aliphatic rings. The Labute approximate surface area is 131 Å². The summed E-state index contributed by atoms with van der Waals surface area (Å²) >= 11 is 0. The Morgan fingerprint density at radius 2 is 1.86 bits per heavy atom. The van der Waals surface area contributed by atoms with Gasteiger partial charge in [0.2, 0.25) is 0 Å². The van der Waals surface area contributed by atoms with E-state index in [-0.39, 0.29) is 12.5 Å². The van der Waals surface area contributed by atoms with Crippen molar-refractivity contribution in [2.45, 2.75) is 45.8 Å². The predicted octanol–water partition coefficient (Wildman–Crippen LogP) is 1.55. The fourth-order valence-corrected chi connectivity index (χ4v) is 2.34. The third-order valence-electron chi connectivity index (χ3n) is 4.46. The van der Waals surface area contributed by atoms with E-state index in [1.165, 1.54) is 0 Å². The fraction of sp³-hybridized carbons (Fsp3) is 0.500. The maximum Gasteiger partial charge on any atom is 0.495 e. The molecule has 0 aliphatic carbocycles. The quantitative estimate of drug-likeness (QED) is 0.679. The van der Waals surface area contributed by atoms with Crippen LogP contribution in [0.3, 0.4) is 0 Å². The zero-order valence-corrected chi connectivity index (χ0v) is 13.7. The van der Waals surface area contributed by atoms with Crippen LogP contribution in [-0.2, 0) is 9.31 Å². The zero-order chi connectivity index (χ0) is 16.5. The van der Waals surface area contributed by atoms with E-state index in [0.717, 1.165) is 11.0 Å². The van der Waals surface area contributed by atoms with Crippen LogP contribution in [0.5, 0.6) is 0 Å². The van der Waals surface area contributed by atoms with Crippen molar-refractivity contribution >= 4 is 18.5 Å². The van der Waals surface area contributed by atoms with Gasteiger partial charge in [-0.2, -0.15) is 5.26 Å². The van der Waals surface area contributed by atoms with Crippen molar-refractivity contribution in [2.75, 3.05) is 6.54 Å². The number of nitriles is 1. The molecule has 1 amide bonds. The van der Waals surface area contributed by atoms with E-state index in [1.807, 2.05) is 46.8 Å². The smallest absolute Gasteiger partial charge is 0.399 e. The summed E-state index contributed by atoms with van der Waals surface area (Å²) in [5.74, 6) is -0.266. The van der Waals surface area contributed by atoms with Gasteiger partial charge in [0.15, 0.2) is 0 Å². The van der Waals surface area contributed by atoms with Crippen LogP contribution in [0.4, 0.5) is 0 Å². The number of benzene rings is 1. The molecule has 0 radical (unpaired) electrons. The molecule has 22 heavy (non-hydrogen) atoms. The van der Waals surface area contributed by atoms with Gasteiger partial charge in [-0.1, -0.05) is 12.1 Å². The van der Waals surface area contributed by atoms with Gasteiger partial charge < -0.3 is 14.6 Å². The molecule has 0 spiro atoms. The van der Waals surface area contributed by atoms with Crippen molar-refractivity contribution in [3.8, 4) is 6.07 Å². The zero-order valence-electron chi connectivity index (χ0n) is 13.7. The van der Waals surface area contributed by atoms with Crippen molar-refractivity contribution in [3.63, 3.8) is 0 Å². The van der Waals surface area contributed by atoms with E-state index in [1.54, 1.807) is 12.1 Å². The van der Waals surface area contributed by atoms with Crippen LogP contribution in [0.25, 0.3) is 0 Å². The molecule has 0 saturated carbocycles. The van der Waals surface area contributed by atoms with Crippen LogP contribution in [0, 0.1) is 18.3 Å². The molecule has 6 heteroatoms. The lowest BCUT2D eigenvalue weighted by Gasteiger charge is -2.32. The molecule has 0 aromatic heterocycles. The molecule has 1 fully saturated rings. The first-order chi connectivity index (χ1) is 10.2. The van der Waals surface area contributed by atoms with Gasteiger partial charge in [0.25, 0.3) is 5.91 Å². The monoisotopic (exact) mass is 300 g/mol. The lowest BCUT2D eigenvalue weighted by atomic mass is 9.75. The Bertz CT molecular complexity index is 619. The minimum atomic E-state index is -0.506. The third-order valence-corrected chi connectivity index (χ3v) is 4.46. The minimum Gasteiger partial charge on any atom is -0.399 e. The second-order valence-corrected chi connectivity index (χ2v) is 6.45. The molecule has 1 N–H and O–H groups in total. The minimum absolute atomic E-state index is 0.0149. The summed E-state index contributed by atoms with van der Waals surface area (Å²) < 4.78 is 12.1. The molecule has 1 heterocycles. The van der Waals surface area contributed by atoms with E-state index in [4.69, 9.17) is 14.6 Å². The van der Waals surface area contributed by atoms with Gasteiger partial charge >= 0.3 is 7.12 Å². The molecule has 1 saturated heterocycles. The molecule has 5 nitrogen and oxygen atoms in total. The van der Waals surface area contributed by atoms with Gasteiger partial charge in [0.05, 0.1) is 17.3 Å². The van der Waals surface area contributed by atoms with Gasteiger partial charge in [-0.3, -0.25) is 4.79 Å². The molecule has 0 unspecified atom stereocenters. The topological polar surface area (TPSA) is 71.3 Å². The van der Waals surface area contributed by atoms with E-state index >= 15 is 0 Å². The SMILES string of the molecule is Cc1c(B2OC(C)(C)C(C)(C)O2)cccc1C(=O)NCC#N. The Morgan fingerprint density at radius 1 is 1.27 bits per heavy atom. The maximum absolute atomic E-state index is 12.1. The number of nitrogens with zero attached hydrogens (tertiary/aromatic N) is 1. The van der Waals surface area contributed by atoms with Gasteiger partial charge in [0, 0.05) is 5.56 Å². The van der Waals surface area contributed by atoms with Gasteiger partial charge in [0.1, 0.15) is 6.54 Å². The van der Waals surface area contributed by atoms with E-state index in [2.05, 4.69) is 5.32 Å². The second kappa shape index (κ2) is 5.75. The fourth-order valence-electron chi connectivity index (χ4n) is 2.34. The van der Waals surface area contributed by atoms with Gasteiger partial charge in [-0.15, -0.1) is 0 Å². The Balaban J connectivity index is 2.31. The first-order valence-corrected chi connectivity index (χ1v) is 7.30. The maximum atomic E-state index is 12.1. The molecule has 0 atom stereocenters. The summed E-state index contributed by atoms with van der Waals surface area (Å²) in [6.07, 6.45) is 0. The first-order valence-electron chi connectivity index (χ1n) is 7.30. The van der Waals surface area contributed by atoms with Crippen LogP contribution in [-0.4, -0.2) is 30.8 Å². The summed E-state index contributed by atoms with van der Waals surface area (Å²) in [5, 5.41) is 11.1. The lowest BCUT2D eigenvalue weighted by molar-refractivity contribution is 0.00578. The molecule has 2 rings (SSSR count). The van der Waals surface area contributed by atoms with Crippen LogP contribution in [0.15, 0.2) is 18.2 Å². The number of rotatable bonds is 3. The highest BCUT2D eigenvalue weighted by molar-refractivity contribution is 6.62. The second-order valence-electron chi connectivity index (χ2n) is 6.45. The molecule has 116 valence electrons. The average Bonchev–Trinajstić information content (AvgIpc) is 2.64. The van der Waals surface area contributed by atoms with Crippen LogP contribution < -0.4 is 10.8 Å². The van der Waals surface area contributed by atoms with Gasteiger partial charge in [-0.05, 0) is 51.7 Å². The van der Waals surface area contributed by atoms with E-state index in [0.29, 0.717) is 5.56 Å². The first kappa shape index (κ1) is 16.5. The standard InChI is InChI=1S/C16H21BN2O3/c1-11-12(14(20)19-10-9-18)7-6-8-13(11)17-21-15(2,3)16(4,5)22-17/h6-8H,10H2,1-5H3,(H,19,20). The van der Waals surface area contributed by atoms with Crippen molar-refractivity contribution in [3.05, 3.63) is 29.3 Å². The number of carbonyl (C=O) groups excluding carboxylic acids is 1. The number of amides is 1. The average molecular weight is 300 g/mol. The molecular formula is C16H21BN2O3. The van der Waals surface area contributed by atoms with Crippen LogP contribution in [0.2, 0.25) is 0 Å². The Kier molecular flexibility index (Phi) is 4.32. The summed E-state index contributed by atoms with van der Waals surface area (Å²) in [6.45, 7) is 9.82. The number of carbonyl (C=O) groups is 1. The number of nitrogens with one attached hydrogen (secondary N) is 1. The number of hydrogen-bond donors (Lipinski definition) is 1. The summed E-state index contributed by atoms with van der Waals surface area (Å²) in [6, 6.07) is 7.33. The largest absolute Gasteiger partial charge is 0.495 e. The highest BCUT2D eigenvalue weighted by Gasteiger charge is 2.52. The predicted molar refractivity (Wildman–Crippen MR) is 84.8 cm³/mol. The Hall–Kier alpha value is -1.84. The third kappa shape index (κ3) is 2.87. The Morgan fingerprint density at radius 3 is 2.41 bits per heavy atom. The highest BCUT2D eigenvalue weighted by atomic mass is 16.7.